The lowest BCUT2D eigenvalue weighted by Gasteiger charge is -2.32. The number of rotatable bonds is 3. The SMILES string of the molecule is CC(CNC(=O)OC(C)(C)C)N1CC[CH]CC1. The van der Waals surface area contributed by atoms with E-state index in [2.05, 4.69) is 23.6 Å². The van der Waals surface area contributed by atoms with Crippen molar-refractivity contribution in [3.8, 4) is 0 Å². The first-order chi connectivity index (χ1) is 7.88. The third-order valence-electron chi connectivity index (χ3n) is 2.80. The molecule has 99 valence electrons. The molecule has 1 aliphatic rings. The van der Waals surface area contributed by atoms with Crippen LogP contribution in [0.4, 0.5) is 4.79 Å². The number of ether oxygens (including phenoxy) is 1. The zero-order valence-electron chi connectivity index (χ0n) is 11.5. The normalized spacial score (nSPS) is 19.8. The number of hydrogen-bond donors (Lipinski definition) is 1. The van der Waals surface area contributed by atoms with E-state index in [1.807, 2.05) is 20.8 Å². The van der Waals surface area contributed by atoms with Gasteiger partial charge < -0.3 is 10.1 Å². The third-order valence-corrected chi connectivity index (χ3v) is 2.80. The fourth-order valence-corrected chi connectivity index (χ4v) is 1.89. The van der Waals surface area contributed by atoms with Gasteiger partial charge in [0.15, 0.2) is 0 Å². The van der Waals surface area contributed by atoms with Crippen LogP contribution in [0.3, 0.4) is 0 Å². The maximum atomic E-state index is 11.5. The fourth-order valence-electron chi connectivity index (χ4n) is 1.89. The number of piperidine rings is 1. The maximum Gasteiger partial charge on any atom is 0.407 e. The van der Waals surface area contributed by atoms with E-state index in [0.717, 1.165) is 25.9 Å². The molecule has 1 unspecified atom stereocenters. The summed E-state index contributed by atoms with van der Waals surface area (Å²) in [6.45, 7) is 10.6. The van der Waals surface area contributed by atoms with Gasteiger partial charge in [0.25, 0.3) is 0 Å². The molecule has 0 bridgehead atoms. The van der Waals surface area contributed by atoms with Crippen molar-refractivity contribution in [3.05, 3.63) is 6.42 Å². The zero-order chi connectivity index (χ0) is 12.9. The molecule has 1 amide bonds. The summed E-state index contributed by atoms with van der Waals surface area (Å²) in [4.78, 5) is 13.9. The number of alkyl carbamates (subject to hydrolysis) is 1. The Kier molecular flexibility index (Phi) is 5.25. The summed E-state index contributed by atoms with van der Waals surface area (Å²) in [6, 6.07) is 0.371. The highest BCUT2D eigenvalue weighted by Crippen LogP contribution is 2.11. The van der Waals surface area contributed by atoms with E-state index in [1.54, 1.807) is 0 Å². The van der Waals surface area contributed by atoms with E-state index >= 15 is 0 Å². The van der Waals surface area contributed by atoms with Crippen molar-refractivity contribution in [2.24, 2.45) is 0 Å². The lowest BCUT2D eigenvalue weighted by atomic mass is 10.1. The molecule has 4 heteroatoms. The minimum Gasteiger partial charge on any atom is -0.444 e. The summed E-state index contributed by atoms with van der Waals surface area (Å²) in [6.07, 6.45) is 4.30. The van der Waals surface area contributed by atoms with Crippen LogP contribution in [0, 0.1) is 6.42 Å². The lowest BCUT2D eigenvalue weighted by Crippen LogP contribution is -2.45. The second kappa shape index (κ2) is 6.24. The van der Waals surface area contributed by atoms with Gasteiger partial charge in [-0.3, -0.25) is 4.90 Å². The predicted molar refractivity (Wildman–Crippen MR) is 68.8 cm³/mol. The standard InChI is InChI=1S/C13H25N2O2/c1-11(15-8-6-5-7-9-15)10-14-12(16)17-13(2,3)4/h5,11H,6-10H2,1-4H3,(H,14,16). The highest BCUT2D eigenvalue weighted by molar-refractivity contribution is 5.67. The molecular weight excluding hydrogens is 216 g/mol. The summed E-state index contributed by atoms with van der Waals surface area (Å²) >= 11 is 0. The van der Waals surface area contributed by atoms with E-state index in [0.29, 0.717) is 12.6 Å². The van der Waals surface area contributed by atoms with Gasteiger partial charge >= 0.3 is 6.09 Å². The van der Waals surface area contributed by atoms with Crippen molar-refractivity contribution in [1.82, 2.24) is 10.2 Å². The van der Waals surface area contributed by atoms with Crippen molar-refractivity contribution >= 4 is 6.09 Å². The van der Waals surface area contributed by atoms with Gasteiger partial charge in [-0.25, -0.2) is 4.79 Å². The molecule has 1 aliphatic heterocycles. The summed E-state index contributed by atoms with van der Waals surface area (Å²) < 4.78 is 5.20. The van der Waals surface area contributed by atoms with Crippen LogP contribution in [0.2, 0.25) is 0 Å². The zero-order valence-corrected chi connectivity index (χ0v) is 11.5. The molecule has 0 aromatic rings. The lowest BCUT2D eigenvalue weighted by molar-refractivity contribution is 0.0508. The largest absolute Gasteiger partial charge is 0.444 e. The van der Waals surface area contributed by atoms with Gasteiger partial charge in [-0.1, -0.05) is 0 Å². The van der Waals surface area contributed by atoms with Gasteiger partial charge in [-0.2, -0.15) is 0 Å². The Labute approximate surface area is 105 Å². The minimum absolute atomic E-state index is 0.326. The molecule has 0 aliphatic carbocycles. The van der Waals surface area contributed by atoms with Crippen LogP contribution in [0.25, 0.3) is 0 Å². The Hall–Kier alpha value is -0.770. The topological polar surface area (TPSA) is 41.6 Å². The predicted octanol–water partition coefficient (Wildman–Crippen LogP) is 2.20. The molecular formula is C13H25N2O2. The average molecular weight is 241 g/mol. The van der Waals surface area contributed by atoms with Crippen molar-refractivity contribution in [2.45, 2.75) is 52.2 Å². The monoisotopic (exact) mass is 241 g/mol. The first-order valence-electron chi connectivity index (χ1n) is 6.41. The van der Waals surface area contributed by atoms with E-state index in [-0.39, 0.29) is 6.09 Å². The molecule has 4 nitrogen and oxygen atoms in total. The van der Waals surface area contributed by atoms with Gasteiger partial charge in [0.05, 0.1) is 0 Å². The van der Waals surface area contributed by atoms with Crippen LogP contribution in [0.5, 0.6) is 0 Å². The third kappa shape index (κ3) is 5.91. The van der Waals surface area contributed by atoms with E-state index in [9.17, 15) is 4.79 Å². The van der Waals surface area contributed by atoms with E-state index in [4.69, 9.17) is 4.74 Å². The second-order valence-corrected chi connectivity index (χ2v) is 5.63. The van der Waals surface area contributed by atoms with E-state index < -0.39 is 5.60 Å². The van der Waals surface area contributed by atoms with Gasteiger partial charge in [-0.15, -0.1) is 0 Å². The molecule has 1 atom stereocenters. The van der Waals surface area contributed by atoms with E-state index in [1.165, 1.54) is 0 Å². The molecule has 1 fully saturated rings. The molecule has 0 aromatic heterocycles. The van der Waals surface area contributed by atoms with Crippen LogP contribution >= 0.6 is 0 Å². The number of nitrogens with one attached hydrogen (secondary N) is 1. The van der Waals surface area contributed by atoms with Gasteiger partial charge in [0, 0.05) is 12.6 Å². The van der Waals surface area contributed by atoms with Gasteiger partial charge in [-0.05, 0) is 60.0 Å². The molecule has 1 saturated heterocycles. The first kappa shape index (κ1) is 14.3. The minimum atomic E-state index is -0.423. The van der Waals surface area contributed by atoms with Crippen molar-refractivity contribution in [3.63, 3.8) is 0 Å². The molecule has 0 saturated carbocycles. The second-order valence-electron chi connectivity index (χ2n) is 5.63. The van der Waals surface area contributed by atoms with Crippen LogP contribution in [0.15, 0.2) is 0 Å². The van der Waals surface area contributed by atoms with Crippen LogP contribution < -0.4 is 5.32 Å². The van der Waals surface area contributed by atoms with Crippen molar-refractivity contribution in [2.75, 3.05) is 19.6 Å². The average Bonchev–Trinajstić information content (AvgIpc) is 2.25. The Morgan fingerprint density at radius 1 is 1.41 bits per heavy atom. The van der Waals surface area contributed by atoms with Gasteiger partial charge in [0.2, 0.25) is 0 Å². The van der Waals surface area contributed by atoms with Crippen molar-refractivity contribution < 1.29 is 9.53 Å². The number of amides is 1. The Bertz CT molecular complexity index is 242. The number of carbonyl (C=O) groups excluding carboxylic acids is 1. The molecule has 0 spiro atoms. The van der Waals surface area contributed by atoms with Crippen molar-refractivity contribution in [1.29, 1.82) is 0 Å². The van der Waals surface area contributed by atoms with Crippen LogP contribution in [-0.4, -0.2) is 42.3 Å². The first-order valence-corrected chi connectivity index (χ1v) is 6.41. The Morgan fingerprint density at radius 3 is 2.53 bits per heavy atom. The number of hydrogen-bond acceptors (Lipinski definition) is 3. The van der Waals surface area contributed by atoms with Gasteiger partial charge in [0.1, 0.15) is 5.60 Å². The smallest absolute Gasteiger partial charge is 0.407 e. The quantitative estimate of drug-likeness (QED) is 0.823. The molecule has 1 rings (SSSR count). The molecule has 1 N–H and O–H groups in total. The summed E-state index contributed by atoms with van der Waals surface area (Å²) in [5.41, 5.74) is -0.423. The van der Waals surface area contributed by atoms with Crippen LogP contribution in [-0.2, 0) is 4.74 Å². The number of carbonyl (C=O) groups is 1. The highest BCUT2D eigenvalue weighted by atomic mass is 16.6. The maximum absolute atomic E-state index is 11.5. The molecule has 1 radical (unpaired) electrons. The number of likely N-dealkylation sites (tertiary alicyclic amines) is 1. The van der Waals surface area contributed by atoms with Crippen LogP contribution in [0.1, 0.15) is 40.5 Å². The Morgan fingerprint density at radius 2 is 2.00 bits per heavy atom. The highest BCUT2D eigenvalue weighted by Gasteiger charge is 2.19. The fraction of sp³-hybridized carbons (Fsp3) is 0.846. The summed E-state index contributed by atoms with van der Waals surface area (Å²) in [5.74, 6) is 0. The number of nitrogens with zero attached hydrogens (tertiary/aromatic N) is 1. The summed E-state index contributed by atoms with van der Waals surface area (Å²) in [5, 5.41) is 2.82. The Balaban J connectivity index is 2.22. The molecule has 1 heterocycles. The molecule has 0 aromatic carbocycles. The summed E-state index contributed by atoms with van der Waals surface area (Å²) in [7, 11) is 0. The molecule has 17 heavy (non-hydrogen) atoms.